The predicted octanol–water partition coefficient (Wildman–Crippen LogP) is -1.21. The minimum absolute atomic E-state index is 0. The molecule has 0 radical (unpaired) electrons. The summed E-state index contributed by atoms with van der Waals surface area (Å²) in [5, 5.41) is 7.34. The van der Waals surface area contributed by atoms with Gasteiger partial charge in [0, 0.05) is 0 Å². The van der Waals surface area contributed by atoms with Crippen molar-refractivity contribution in [3.63, 3.8) is 0 Å². The van der Waals surface area contributed by atoms with Crippen LogP contribution in [0.2, 0.25) is 0 Å². The molecule has 1 unspecified atom stereocenters. The van der Waals surface area contributed by atoms with Crippen LogP contribution in [-0.4, -0.2) is 18.2 Å². The smallest absolute Gasteiger partial charge is 0.748 e. The Morgan fingerprint density at radius 2 is 1.93 bits per heavy atom. The molecule has 0 fully saturated rings. The zero-order valence-corrected chi connectivity index (χ0v) is 12.2. The van der Waals surface area contributed by atoms with Crippen LogP contribution in [0.5, 0.6) is 0 Å². The molecule has 0 aliphatic carbocycles. The van der Waals surface area contributed by atoms with Crippen LogP contribution < -0.4 is 29.6 Å². The Kier molecular flexibility index (Phi) is 11.4. The quantitative estimate of drug-likeness (QED) is 0.318. The van der Waals surface area contributed by atoms with Crippen LogP contribution in [0.25, 0.3) is 0 Å². The second kappa shape index (κ2) is 9.61. The summed E-state index contributed by atoms with van der Waals surface area (Å²) in [6, 6.07) is 1.74. The molecule has 0 aliphatic heterocycles. The van der Waals surface area contributed by atoms with Crippen molar-refractivity contribution < 1.29 is 42.5 Å². The molecular formula is C9H16NNaO3S. The van der Waals surface area contributed by atoms with Gasteiger partial charge in [0.2, 0.25) is 0 Å². The van der Waals surface area contributed by atoms with Gasteiger partial charge in [-0.15, -0.1) is 0 Å². The molecule has 15 heavy (non-hydrogen) atoms. The van der Waals surface area contributed by atoms with Gasteiger partial charge >= 0.3 is 29.6 Å². The summed E-state index contributed by atoms with van der Waals surface area (Å²) in [5.74, 6) is 0. The van der Waals surface area contributed by atoms with E-state index >= 15 is 0 Å². The van der Waals surface area contributed by atoms with Crippen LogP contribution in [-0.2, 0) is 10.1 Å². The Balaban J connectivity index is 0. The van der Waals surface area contributed by atoms with Gasteiger partial charge in [-0.05, 0) is 6.42 Å². The fourth-order valence-corrected chi connectivity index (χ4v) is 1.98. The largest absolute Gasteiger partial charge is 1.00 e. The van der Waals surface area contributed by atoms with E-state index in [1.165, 1.54) is 0 Å². The van der Waals surface area contributed by atoms with Crippen molar-refractivity contribution in [2.75, 3.05) is 0 Å². The summed E-state index contributed by atoms with van der Waals surface area (Å²) in [4.78, 5) is 0. The first kappa shape index (κ1) is 17.8. The normalized spacial score (nSPS) is 12.6. The number of rotatable bonds is 7. The Morgan fingerprint density at radius 3 is 2.33 bits per heavy atom. The first-order chi connectivity index (χ1) is 6.52. The van der Waals surface area contributed by atoms with Crippen LogP contribution in [0.1, 0.15) is 45.4 Å². The molecule has 0 saturated carbocycles. The zero-order chi connectivity index (χ0) is 11.0. The molecule has 0 rings (SSSR count). The molecule has 0 aliphatic rings. The topological polar surface area (TPSA) is 81.0 Å². The predicted molar refractivity (Wildman–Crippen MR) is 52.5 cm³/mol. The zero-order valence-electron chi connectivity index (χ0n) is 9.40. The molecule has 0 N–H and O–H groups in total. The number of hydrogen-bond donors (Lipinski definition) is 0. The molecule has 0 amide bonds. The van der Waals surface area contributed by atoms with Crippen molar-refractivity contribution in [1.29, 1.82) is 5.26 Å². The van der Waals surface area contributed by atoms with Crippen LogP contribution in [0, 0.1) is 11.3 Å². The molecule has 0 heterocycles. The fourth-order valence-electron chi connectivity index (χ4n) is 1.25. The molecule has 0 aromatic heterocycles. The molecule has 0 saturated heterocycles. The Morgan fingerprint density at radius 1 is 1.33 bits per heavy atom. The minimum Gasteiger partial charge on any atom is -0.748 e. The summed E-state index contributed by atoms with van der Waals surface area (Å²) in [7, 11) is -4.29. The molecule has 0 aromatic carbocycles. The fraction of sp³-hybridized carbons (Fsp3) is 0.889. The van der Waals surface area contributed by atoms with E-state index in [1.54, 1.807) is 6.07 Å². The maximum Gasteiger partial charge on any atom is 1.00 e. The van der Waals surface area contributed by atoms with Gasteiger partial charge in [0.15, 0.2) is 0 Å². The van der Waals surface area contributed by atoms with Crippen molar-refractivity contribution in [2.24, 2.45) is 0 Å². The molecule has 6 heteroatoms. The van der Waals surface area contributed by atoms with E-state index < -0.39 is 15.4 Å². The summed E-state index contributed by atoms with van der Waals surface area (Å²) in [6.45, 7) is 2.05. The van der Waals surface area contributed by atoms with Gasteiger partial charge in [-0.1, -0.05) is 32.6 Å². The molecule has 4 nitrogen and oxygen atoms in total. The Bertz CT molecular complexity index is 284. The van der Waals surface area contributed by atoms with Crippen molar-refractivity contribution in [2.45, 2.75) is 50.7 Å². The summed E-state index contributed by atoms with van der Waals surface area (Å²) in [6.07, 6.45) is 3.87. The van der Waals surface area contributed by atoms with Crippen molar-refractivity contribution in [3.05, 3.63) is 0 Å². The maximum absolute atomic E-state index is 10.7. The average Bonchev–Trinajstić information content (AvgIpc) is 2.08. The van der Waals surface area contributed by atoms with Crippen molar-refractivity contribution in [1.82, 2.24) is 0 Å². The number of hydrogen-bond acceptors (Lipinski definition) is 4. The molecule has 0 spiro atoms. The van der Waals surface area contributed by atoms with E-state index in [-0.39, 0.29) is 36.0 Å². The Labute approximate surface area is 114 Å². The third-order valence-electron chi connectivity index (χ3n) is 2.11. The van der Waals surface area contributed by atoms with Gasteiger partial charge in [0.05, 0.1) is 27.9 Å². The molecule has 82 valence electrons. The van der Waals surface area contributed by atoms with E-state index in [2.05, 4.69) is 6.92 Å². The summed E-state index contributed by atoms with van der Waals surface area (Å²) < 4.78 is 32.0. The average molecular weight is 241 g/mol. The molecule has 0 bridgehead atoms. The Hall–Kier alpha value is 0.400. The molecular weight excluding hydrogens is 225 g/mol. The van der Waals surface area contributed by atoms with Gasteiger partial charge in [-0.25, -0.2) is 8.42 Å². The van der Waals surface area contributed by atoms with Crippen LogP contribution >= 0.6 is 0 Å². The van der Waals surface area contributed by atoms with E-state index in [0.29, 0.717) is 12.8 Å². The first-order valence-electron chi connectivity index (χ1n) is 4.84. The maximum atomic E-state index is 10.7. The first-order valence-corrected chi connectivity index (χ1v) is 6.31. The van der Waals surface area contributed by atoms with Gasteiger partial charge in [0.25, 0.3) is 0 Å². The molecule has 0 aromatic rings. The van der Waals surface area contributed by atoms with Gasteiger partial charge in [-0.2, -0.15) is 5.26 Å². The SMILES string of the molecule is CCCCCCC(CC#N)S(=O)(=O)[O-].[Na+]. The van der Waals surface area contributed by atoms with E-state index in [1.807, 2.05) is 0 Å². The summed E-state index contributed by atoms with van der Waals surface area (Å²) in [5.41, 5.74) is 0. The molecule has 1 atom stereocenters. The standard InChI is InChI=1S/C9H17NO3S.Na/c1-2-3-4-5-6-9(7-8-10)14(11,12)13;/h9H,2-7H2,1H3,(H,11,12,13);/q;+1/p-1. The van der Waals surface area contributed by atoms with E-state index in [4.69, 9.17) is 5.26 Å². The van der Waals surface area contributed by atoms with E-state index in [9.17, 15) is 13.0 Å². The number of nitriles is 1. The van der Waals surface area contributed by atoms with Crippen molar-refractivity contribution >= 4 is 10.1 Å². The van der Waals surface area contributed by atoms with Gasteiger partial charge in [-0.3, -0.25) is 0 Å². The van der Waals surface area contributed by atoms with Gasteiger partial charge < -0.3 is 4.55 Å². The number of nitrogens with zero attached hydrogens (tertiary/aromatic N) is 1. The third kappa shape index (κ3) is 9.34. The second-order valence-electron chi connectivity index (χ2n) is 3.33. The van der Waals surface area contributed by atoms with Crippen LogP contribution in [0.4, 0.5) is 0 Å². The summed E-state index contributed by atoms with van der Waals surface area (Å²) >= 11 is 0. The third-order valence-corrected chi connectivity index (χ3v) is 3.33. The van der Waals surface area contributed by atoms with Gasteiger partial charge in [0.1, 0.15) is 0 Å². The second-order valence-corrected chi connectivity index (χ2v) is 4.98. The van der Waals surface area contributed by atoms with Crippen LogP contribution in [0.15, 0.2) is 0 Å². The number of unbranched alkanes of at least 4 members (excludes halogenated alkanes) is 3. The van der Waals surface area contributed by atoms with E-state index in [0.717, 1.165) is 19.3 Å². The van der Waals surface area contributed by atoms with Crippen LogP contribution in [0.3, 0.4) is 0 Å². The van der Waals surface area contributed by atoms with Crippen molar-refractivity contribution in [3.8, 4) is 6.07 Å². The minimum atomic E-state index is -4.29. The monoisotopic (exact) mass is 241 g/mol.